The van der Waals surface area contributed by atoms with Crippen LogP contribution in [0.3, 0.4) is 0 Å². The first-order chi connectivity index (χ1) is 27.2. The van der Waals surface area contributed by atoms with Crippen LogP contribution in [0.25, 0.3) is 0 Å². The van der Waals surface area contributed by atoms with E-state index in [4.69, 9.17) is 28.3 Å². The second-order valence-electron chi connectivity index (χ2n) is 16.0. The Balaban J connectivity index is 1.32. The van der Waals surface area contributed by atoms with Crippen LogP contribution in [0.4, 0.5) is 0 Å². The molecule has 55 heavy (non-hydrogen) atoms. The van der Waals surface area contributed by atoms with Crippen LogP contribution in [-0.4, -0.2) is 49.5 Å². The van der Waals surface area contributed by atoms with Gasteiger partial charge in [-0.1, -0.05) is 180 Å². The number of benzene rings is 4. The van der Waals surface area contributed by atoms with Crippen molar-refractivity contribution in [1.29, 1.82) is 0 Å². The van der Waals surface area contributed by atoms with Crippen LogP contribution < -0.4 is 0 Å². The number of unbranched alkanes of at least 4 members (excludes halogenated alkanes) is 3. The van der Waals surface area contributed by atoms with E-state index >= 15 is 0 Å². The molecule has 0 unspecified atom stereocenters. The van der Waals surface area contributed by atoms with Crippen molar-refractivity contribution in [3.8, 4) is 0 Å². The molecule has 6 nitrogen and oxygen atoms in total. The third-order valence-corrected chi connectivity index (χ3v) is 11.9. The first kappa shape index (κ1) is 39.9. The standard InChI is InChI=1S/C48H61BO6/c1-2-3-4-17-32-48(49-42-28-18-30-43(55-49)31-19-29-42)47(53-36-41-26-15-8-16-27-41)46(52-35-40-24-13-7-14-25-40)45(51-34-39-22-11-6-12-23-39)44(54-48)37-50-33-38-20-9-5-10-21-38/h5-16,20-27,42-47H,2-4,17-19,28-37H2,1H3/t42?,43?,44-,45-,46+,47-,48+/m1/s1. The Kier molecular flexibility index (Phi) is 15.1. The van der Waals surface area contributed by atoms with Gasteiger partial charge in [-0.05, 0) is 47.3 Å². The molecule has 3 heterocycles. The van der Waals surface area contributed by atoms with Crippen LogP contribution in [0.15, 0.2) is 121 Å². The highest BCUT2D eigenvalue weighted by Gasteiger charge is 2.64. The normalized spacial score (nSPS) is 26.7. The summed E-state index contributed by atoms with van der Waals surface area (Å²) in [5.74, 6) is 0.379. The number of fused-ring (bicyclic) bond motifs is 3. The minimum absolute atomic E-state index is 0.126. The van der Waals surface area contributed by atoms with Crippen molar-refractivity contribution in [3.05, 3.63) is 144 Å². The molecule has 4 aromatic rings. The zero-order valence-electron chi connectivity index (χ0n) is 32.9. The Morgan fingerprint density at radius 3 is 1.64 bits per heavy atom. The van der Waals surface area contributed by atoms with Crippen molar-refractivity contribution in [2.45, 2.75) is 146 Å². The van der Waals surface area contributed by atoms with Gasteiger partial charge in [-0.15, -0.1) is 0 Å². The molecule has 0 radical (unpaired) electrons. The lowest BCUT2D eigenvalue weighted by molar-refractivity contribution is -0.292. The van der Waals surface area contributed by atoms with Gasteiger partial charge in [0.25, 0.3) is 0 Å². The molecule has 0 N–H and O–H groups in total. The molecule has 0 saturated carbocycles. The minimum atomic E-state index is -0.769. The van der Waals surface area contributed by atoms with Crippen molar-refractivity contribution >= 4 is 6.92 Å². The second kappa shape index (κ2) is 20.7. The highest BCUT2D eigenvalue weighted by Crippen LogP contribution is 2.49. The van der Waals surface area contributed by atoms with Gasteiger partial charge in [0, 0.05) is 6.10 Å². The predicted molar refractivity (Wildman–Crippen MR) is 220 cm³/mol. The number of hydrogen-bond acceptors (Lipinski definition) is 6. The summed E-state index contributed by atoms with van der Waals surface area (Å²) in [6.07, 6.45) is 10.7. The lowest BCUT2D eigenvalue weighted by Gasteiger charge is -2.55. The summed E-state index contributed by atoms with van der Waals surface area (Å²) in [5.41, 5.74) is 3.71. The molecule has 2 bridgehead atoms. The van der Waals surface area contributed by atoms with Crippen molar-refractivity contribution < 1.29 is 28.3 Å². The Morgan fingerprint density at radius 1 is 0.582 bits per heavy atom. The summed E-state index contributed by atoms with van der Waals surface area (Å²) in [6.45, 7) is 4.31. The first-order valence-corrected chi connectivity index (χ1v) is 21.1. The monoisotopic (exact) mass is 744 g/mol. The first-order valence-electron chi connectivity index (χ1n) is 21.1. The van der Waals surface area contributed by atoms with Gasteiger partial charge < -0.3 is 28.3 Å². The minimum Gasteiger partial charge on any atom is -0.430 e. The largest absolute Gasteiger partial charge is 0.430 e. The van der Waals surface area contributed by atoms with Gasteiger partial charge in [0.15, 0.2) is 0 Å². The molecule has 292 valence electrons. The molecule has 4 aromatic carbocycles. The summed E-state index contributed by atoms with van der Waals surface area (Å²) in [4.78, 5) is 0. The average molecular weight is 745 g/mol. The molecule has 3 saturated heterocycles. The van der Waals surface area contributed by atoms with Crippen molar-refractivity contribution in [2.75, 3.05) is 6.61 Å². The Labute approximate surface area is 330 Å². The highest BCUT2D eigenvalue weighted by molar-refractivity contribution is 6.57. The molecule has 3 aliphatic heterocycles. The molecule has 7 heteroatoms. The van der Waals surface area contributed by atoms with Gasteiger partial charge in [0.2, 0.25) is 0 Å². The molecule has 5 atom stereocenters. The zero-order chi connectivity index (χ0) is 37.5. The van der Waals surface area contributed by atoms with E-state index < -0.39 is 29.9 Å². The van der Waals surface area contributed by atoms with Crippen LogP contribution in [0.1, 0.15) is 99.8 Å². The predicted octanol–water partition coefficient (Wildman–Crippen LogP) is 10.7. The summed E-state index contributed by atoms with van der Waals surface area (Å²) >= 11 is 0. The number of rotatable bonds is 19. The van der Waals surface area contributed by atoms with E-state index in [-0.39, 0.29) is 13.0 Å². The van der Waals surface area contributed by atoms with E-state index in [2.05, 4.69) is 116 Å². The molecule has 0 spiro atoms. The Hall–Kier alpha value is -3.30. The molecular formula is C48H61BO6. The molecule has 3 aliphatic rings. The van der Waals surface area contributed by atoms with E-state index in [0.717, 1.165) is 67.2 Å². The Bertz CT molecular complexity index is 1630. The third-order valence-electron chi connectivity index (χ3n) is 11.9. The maximum absolute atomic E-state index is 7.80. The summed E-state index contributed by atoms with van der Waals surface area (Å²) in [6, 6.07) is 41.8. The van der Waals surface area contributed by atoms with Crippen molar-refractivity contribution in [2.24, 2.45) is 0 Å². The van der Waals surface area contributed by atoms with Gasteiger partial charge in [0.05, 0.1) is 33.0 Å². The average Bonchev–Trinajstić information content (AvgIpc) is 3.57. The van der Waals surface area contributed by atoms with E-state index in [9.17, 15) is 0 Å². The van der Waals surface area contributed by atoms with Crippen LogP contribution in [0.2, 0.25) is 5.82 Å². The Morgan fingerprint density at radius 2 is 1.09 bits per heavy atom. The fourth-order valence-corrected chi connectivity index (χ4v) is 9.16. The SMILES string of the molecule is CCCCCC[C@]1(B2OC3CCCC2CCC3)O[C@H](COCc2ccccc2)[C@@H](OCc2ccccc2)[C@H](OCc2ccccc2)[C@H]1OCc1ccccc1. The zero-order valence-corrected chi connectivity index (χ0v) is 32.9. The van der Waals surface area contributed by atoms with E-state index in [1.54, 1.807) is 0 Å². The molecular weight excluding hydrogens is 683 g/mol. The van der Waals surface area contributed by atoms with Gasteiger partial charge in [-0.3, -0.25) is 0 Å². The van der Waals surface area contributed by atoms with Crippen LogP contribution in [0.5, 0.6) is 0 Å². The summed E-state index contributed by atoms with van der Waals surface area (Å²) in [7, 11) is 0. The van der Waals surface area contributed by atoms with Crippen LogP contribution >= 0.6 is 0 Å². The second-order valence-corrected chi connectivity index (χ2v) is 16.0. The van der Waals surface area contributed by atoms with E-state index in [0.29, 0.717) is 38.9 Å². The third kappa shape index (κ3) is 10.8. The van der Waals surface area contributed by atoms with Gasteiger partial charge >= 0.3 is 6.92 Å². The molecule has 7 rings (SSSR count). The molecule has 0 aromatic heterocycles. The van der Waals surface area contributed by atoms with Crippen LogP contribution in [-0.2, 0) is 54.8 Å². The lowest BCUT2D eigenvalue weighted by Crippen LogP contribution is -2.73. The number of ether oxygens (including phenoxy) is 5. The quantitative estimate of drug-likeness (QED) is 0.0704. The molecule has 0 aliphatic carbocycles. The maximum atomic E-state index is 7.80. The van der Waals surface area contributed by atoms with Gasteiger partial charge in [0.1, 0.15) is 29.9 Å². The summed E-state index contributed by atoms with van der Waals surface area (Å²) < 4.78 is 43.4. The lowest BCUT2D eigenvalue weighted by atomic mass is 9.39. The highest BCUT2D eigenvalue weighted by atomic mass is 16.6. The molecule has 3 fully saturated rings. The topological polar surface area (TPSA) is 55.4 Å². The van der Waals surface area contributed by atoms with E-state index in [1.165, 1.54) is 25.7 Å². The van der Waals surface area contributed by atoms with Crippen molar-refractivity contribution in [3.63, 3.8) is 0 Å². The fourth-order valence-electron chi connectivity index (χ4n) is 9.16. The fraction of sp³-hybridized carbons (Fsp3) is 0.500. The van der Waals surface area contributed by atoms with Gasteiger partial charge in [-0.2, -0.15) is 0 Å². The van der Waals surface area contributed by atoms with Crippen molar-refractivity contribution in [1.82, 2.24) is 0 Å². The van der Waals surface area contributed by atoms with Crippen LogP contribution in [0, 0.1) is 0 Å². The van der Waals surface area contributed by atoms with E-state index in [1.807, 2.05) is 12.1 Å². The van der Waals surface area contributed by atoms with Gasteiger partial charge in [-0.25, -0.2) is 0 Å². The smallest absolute Gasteiger partial charge is 0.332 e. The maximum Gasteiger partial charge on any atom is 0.332 e. The number of hydrogen-bond donors (Lipinski definition) is 0. The summed E-state index contributed by atoms with van der Waals surface area (Å²) in [5, 5.41) is 0. The molecule has 0 amide bonds.